The van der Waals surface area contributed by atoms with Gasteiger partial charge in [-0.15, -0.1) is 0 Å². The van der Waals surface area contributed by atoms with Gasteiger partial charge in [0.05, 0.1) is 0 Å². The van der Waals surface area contributed by atoms with E-state index in [1.54, 1.807) is 7.05 Å². The van der Waals surface area contributed by atoms with Crippen molar-refractivity contribution in [3.63, 3.8) is 0 Å². The second kappa shape index (κ2) is 6.66. The lowest BCUT2D eigenvalue weighted by atomic mass is 10.2. The average Bonchev–Trinajstić information content (AvgIpc) is 3.08. The maximum Gasteiger partial charge on any atom is 0.157 e. The maximum absolute atomic E-state index is 6.04. The van der Waals surface area contributed by atoms with Crippen LogP contribution >= 0.6 is 11.6 Å². The van der Waals surface area contributed by atoms with Crippen LogP contribution in [-0.4, -0.2) is 30.1 Å². The summed E-state index contributed by atoms with van der Waals surface area (Å²) in [5, 5.41) is 6.71. The van der Waals surface area contributed by atoms with Crippen molar-refractivity contribution in [1.82, 2.24) is 9.97 Å². The highest BCUT2D eigenvalue weighted by Gasteiger charge is 2.09. The molecule has 0 fully saturated rings. The first-order valence-electron chi connectivity index (χ1n) is 7.19. The number of hydrogen-bond donors (Lipinski definition) is 2. The highest BCUT2D eigenvalue weighted by molar-refractivity contribution is 6.32. The van der Waals surface area contributed by atoms with Crippen molar-refractivity contribution in [2.45, 2.75) is 6.54 Å². The van der Waals surface area contributed by atoms with Gasteiger partial charge in [-0.05, 0) is 17.7 Å². The van der Waals surface area contributed by atoms with E-state index in [1.165, 1.54) is 17.6 Å². The van der Waals surface area contributed by atoms with Crippen LogP contribution in [-0.2, 0) is 6.54 Å². The number of nitrogens with zero attached hydrogens (tertiary/aromatic N) is 3. The molecule has 1 aliphatic rings. The highest BCUT2D eigenvalue weighted by atomic mass is 35.5. The molecule has 0 bridgehead atoms. The Kier molecular flexibility index (Phi) is 4.44. The van der Waals surface area contributed by atoms with Gasteiger partial charge in [0.15, 0.2) is 11.0 Å². The van der Waals surface area contributed by atoms with Crippen LogP contribution < -0.4 is 15.5 Å². The molecule has 1 aliphatic heterocycles. The Labute approximate surface area is 135 Å². The molecule has 1 aromatic heterocycles. The Balaban J connectivity index is 1.65. The third-order valence-corrected chi connectivity index (χ3v) is 3.92. The van der Waals surface area contributed by atoms with Crippen molar-refractivity contribution < 1.29 is 0 Å². The van der Waals surface area contributed by atoms with Crippen LogP contribution in [0.5, 0.6) is 0 Å². The SMILES string of the molecule is CNc1c(Cl)ncnc1NCc1ccc(N2CC=CC2)cc1. The zero-order chi connectivity index (χ0) is 15.4. The van der Waals surface area contributed by atoms with Gasteiger partial charge in [-0.1, -0.05) is 35.9 Å². The first-order valence-corrected chi connectivity index (χ1v) is 7.56. The van der Waals surface area contributed by atoms with Crippen LogP contribution in [0.3, 0.4) is 0 Å². The predicted octanol–water partition coefficient (Wildman–Crippen LogP) is 3.16. The van der Waals surface area contributed by atoms with Crippen molar-refractivity contribution in [2.75, 3.05) is 35.7 Å². The lowest BCUT2D eigenvalue weighted by Crippen LogP contribution is -2.18. The van der Waals surface area contributed by atoms with Crippen molar-refractivity contribution >= 4 is 28.8 Å². The topological polar surface area (TPSA) is 53.1 Å². The molecule has 6 heteroatoms. The first-order chi connectivity index (χ1) is 10.8. The Morgan fingerprint density at radius 3 is 2.55 bits per heavy atom. The molecule has 2 heterocycles. The fourth-order valence-corrected chi connectivity index (χ4v) is 2.65. The van der Waals surface area contributed by atoms with Gasteiger partial charge in [0, 0.05) is 32.4 Å². The lowest BCUT2D eigenvalue weighted by Gasteiger charge is -2.18. The van der Waals surface area contributed by atoms with Gasteiger partial charge in [0.1, 0.15) is 12.0 Å². The number of hydrogen-bond acceptors (Lipinski definition) is 5. The molecule has 0 unspecified atom stereocenters. The molecule has 0 amide bonds. The third-order valence-electron chi connectivity index (χ3n) is 3.63. The third kappa shape index (κ3) is 3.14. The molecule has 1 aromatic carbocycles. The minimum Gasteiger partial charge on any atom is -0.383 e. The van der Waals surface area contributed by atoms with E-state index in [9.17, 15) is 0 Å². The molecule has 0 saturated carbocycles. The van der Waals surface area contributed by atoms with E-state index in [2.05, 4.69) is 61.9 Å². The summed E-state index contributed by atoms with van der Waals surface area (Å²) < 4.78 is 0. The van der Waals surface area contributed by atoms with E-state index in [1.807, 2.05) is 0 Å². The minimum atomic E-state index is 0.414. The fraction of sp³-hybridized carbons (Fsp3) is 0.250. The molecule has 0 spiro atoms. The molecule has 0 radical (unpaired) electrons. The highest BCUT2D eigenvalue weighted by Crippen LogP contribution is 2.26. The van der Waals surface area contributed by atoms with Gasteiger partial charge in [-0.3, -0.25) is 0 Å². The number of aromatic nitrogens is 2. The number of nitrogens with one attached hydrogen (secondary N) is 2. The number of anilines is 3. The first kappa shape index (κ1) is 14.7. The lowest BCUT2D eigenvalue weighted by molar-refractivity contribution is 1.00. The van der Waals surface area contributed by atoms with Crippen molar-refractivity contribution in [3.8, 4) is 0 Å². The van der Waals surface area contributed by atoms with E-state index in [0.29, 0.717) is 23.2 Å². The zero-order valence-corrected chi connectivity index (χ0v) is 13.1. The molecule has 0 saturated heterocycles. The summed E-state index contributed by atoms with van der Waals surface area (Å²) in [6.07, 6.45) is 5.83. The van der Waals surface area contributed by atoms with Gasteiger partial charge >= 0.3 is 0 Å². The quantitative estimate of drug-likeness (QED) is 0.655. The second-order valence-electron chi connectivity index (χ2n) is 5.03. The standard InChI is InChI=1S/C16H18ClN5/c1-18-14-15(17)20-11-21-16(14)19-10-12-4-6-13(7-5-12)22-8-2-3-9-22/h2-7,11,18H,8-10H2,1H3,(H,19,20,21). The van der Waals surface area contributed by atoms with Crippen LogP contribution in [0.15, 0.2) is 42.7 Å². The smallest absolute Gasteiger partial charge is 0.157 e. The van der Waals surface area contributed by atoms with Gasteiger partial charge in [-0.25, -0.2) is 9.97 Å². The summed E-state index contributed by atoms with van der Waals surface area (Å²) in [5.74, 6) is 0.704. The minimum absolute atomic E-state index is 0.414. The predicted molar refractivity (Wildman–Crippen MR) is 91.7 cm³/mol. The van der Waals surface area contributed by atoms with Crippen molar-refractivity contribution in [3.05, 3.63) is 53.5 Å². The largest absolute Gasteiger partial charge is 0.383 e. The van der Waals surface area contributed by atoms with Crippen LogP contribution in [0.25, 0.3) is 0 Å². The molecule has 2 N–H and O–H groups in total. The van der Waals surface area contributed by atoms with E-state index in [-0.39, 0.29) is 0 Å². The number of rotatable bonds is 5. The number of halogens is 1. The number of benzene rings is 1. The molecule has 2 aromatic rings. The van der Waals surface area contributed by atoms with Gasteiger partial charge < -0.3 is 15.5 Å². The van der Waals surface area contributed by atoms with Gasteiger partial charge in [-0.2, -0.15) is 0 Å². The molecule has 0 atom stereocenters. The van der Waals surface area contributed by atoms with Crippen LogP contribution in [0.1, 0.15) is 5.56 Å². The fourth-order valence-electron chi connectivity index (χ4n) is 2.42. The maximum atomic E-state index is 6.04. The Hall–Kier alpha value is -2.27. The zero-order valence-electron chi connectivity index (χ0n) is 12.4. The average molecular weight is 316 g/mol. The van der Waals surface area contributed by atoms with Crippen LogP contribution in [0.4, 0.5) is 17.2 Å². The molecule has 0 aliphatic carbocycles. The monoisotopic (exact) mass is 315 g/mol. The summed E-state index contributed by atoms with van der Waals surface area (Å²) >= 11 is 6.04. The Bertz CT molecular complexity index is 661. The normalized spacial score (nSPS) is 13.5. The van der Waals surface area contributed by atoms with Crippen molar-refractivity contribution in [2.24, 2.45) is 0 Å². The molecule has 3 rings (SSSR count). The second-order valence-corrected chi connectivity index (χ2v) is 5.39. The van der Waals surface area contributed by atoms with E-state index in [0.717, 1.165) is 13.1 Å². The Morgan fingerprint density at radius 1 is 1.14 bits per heavy atom. The van der Waals surface area contributed by atoms with E-state index in [4.69, 9.17) is 11.6 Å². The summed E-state index contributed by atoms with van der Waals surface area (Å²) in [4.78, 5) is 10.5. The van der Waals surface area contributed by atoms with Crippen LogP contribution in [0, 0.1) is 0 Å². The molecule has 114 valence electrons. The molecule has 22 heavy (non-hydrogen) atoms. The van der Waals surface area contributed by atoms with Crippen LogP contribution in [0.2, 0.25) is 5.15 Å². The summed E-state index contributed by atoms with van der Waals surface area (Å²) in [7, 11) is 1.80. The Morgan fingerprint density at radius 2 is 1.86 bits per heavy atom. The van der Waals surface area contributed by atoms with Gasteiger partial charge in [0.25, 0.3) is 0 Å². The van der Waals surface area contributed by atoms with E-state index < -0.39 is 0 Å². The molecule has 5 nitrogen and oxygen atoms in total. The van der Waals surface area contributed by atoms with E-state index >= 15 is 0 Å². The molecular weight excluding hydrogens is 298 g/mol. The summed E-state index contributed by atoms with van der Waals surface area (Å²) in [5.41, 5.74) is 3.14. The van der Waals surface area contributed by atoms with Crippen molar-refractivity contribution in [1.29, 1.82) is 0 Å². The molecular formula is C16H18ClN5. The summed E-state index contributed by atoms with van der Waals surface area (Å²) in [6, 6.07) is 8.55. The summed E-state index contributed by atoms with van der Waals surface area (Å²) in [6.45, 7) is 2.66. The van der Waals surface area contributed by atoms with Gasteiger partial charge in [0.2, 0.25) is 0 Å².